The third kappa shape index (κ3) is 1.48. The Labute approximate surface area is 90.0 Å². The first-order valence-corrected chi connectivity index (χ1v) is 3.73. The van der Waals surface area contributed by atoms with Gasteiger partial charge in [-0.15, -0.1) is 0 Å². The lowest BCUT2D eigenvalue weighted by Gasteiger charge is -2.01. The molecule has 1 heterocycles. The first-order chi connectivity index (χ1) is 6.20. The van der Waals surface area contributed by atoms with Gasteiger partial charge in [0.25, 0.3) is 5.56 Å². The van der Waals surface area contributed by atoms with Gasteiger partial charge in [0, 0.05) is 22.7 Å². The fraction of sp³-hybridized carbons (Fsp3) is 0. The molecule has 0 unspecified atom stereocenters. The molecule has 14 heavy (non-hydrogen) atoms. The van der Waals surface area contributed by atoms with Gasteiger partial charge in [-0.25, -0.2) is 0 Å². The zero-order valence-electron chi connectivity index (χ0n) is 7.19. The Bertz CT molecular complexity index is 521. The standard InChI is InChI=1S/C9H7NO3.Al/c11-7-5-3-1-2-4-6(5)10-9(13)8(7)12;/h1-4,12H,(H2,10,11,13);. The van der Waals surface area contributed by atoms with Crippen LogP contribution < -0.4 is 5.56 Å². The van der Waals surface area contributed by atoms with Crippen molar-refractivity contribution in [1.82, 2.24) is 4.98 Å². The maximum absolute atomic E-state index is 11.0. The van der Waals surface area contributed by atoms with Crippen LogP contribution in [0.5, 0.6) is 11.5 Å². The molecule has 1 aromatic heterocycles. The van der Waals surface area contributed by atoms with Crippen molar-refractivity contribution in [1.29, 1.82) is 0 Å². The van der Waals surface area contributed by atoms with Crippen LogP contribution in [0.3, 0.4) is 0 Å². The lowest BCUT2D eigenvalue weighted by atomic mass is 10.2. The summed E-state index contributed by atoms with van der Waals surface area (Å²) in [7, 11) is 0. The quantitative estimate of drug-likeness (QED) is 0.549. The molecule has 0 aliphatic heterocycles. The van der Waals surface area contributed by atoms with Crippen molar-refractivity contribution in [2.24, 2.45) is 0 Å². The molecule has 0 aliphatic carbocycles. The van der Waals surface area contributed by atoms with E-state index in [2.05, 4.69) is 4.98 Å². The van der Waals surface area contributed by atoms with E-state index in [1.807, 2.05) is 0 Å². The predicted octanol–water partition coefficient (Wildman–Crippen LogP) is 0.558. The van der Waals surface area contributed by atoms with E-state index in [-0.39, 0.29) is 23.1 Å². The molecule has 5 heteroatoms. The van der Waals surface area contributed by atoms with Gasteiger partial charge in [0.05, 0.1) is 5.52 Å². The van der Waals surface area contributed by atoms with Gasteiger partial charge in [-0.3, -0.25) is 4.79 Å². The van der Waals surface area contributed by atoms with Crippen molar-refractivity contribution < 1.29 is 10.2 Å². The highest BCUT2D eigenvalue weighted by Gasteiger charge is 2.08. The van der Waals surface area contributed by atoms with Crippen LogP contribution in [-0.2, 0) is 0 Å². The van der Waals surface area contributed by atoms with E-state index in [0.29, 0.717) is 10.9 Å². The van der Waals surface area contributed by atoms with E-state index >= 15 is 0 Å². The normalized spacial score (nSPS) is 9.71. The Kier molecular flexibility index (Phi) is 2.85. The van der Waals surface area contributed by atoms with E-state index in [4.69, 9.17) is 5.11 Å². The Hall–Kier alpha value is -1.44. The number of H-pyrrole nitrogens is 1. The highest BCUT2D eigenvalue weighted by molar-refractivity contribution is 5.86. The zero-order chi connectivity index (χ0) is 9.42. The van der Waals surface area contributed by atoms with E-state index in [1.165, 1.54) is 0 Å². The highest BCUT2D eigenvalue weighted by Crippen LogP contribution is 2.27. The number of hydrogen-bond acceptors (Lipinski definition) is 3. The van der Waals surface area contributed by atoms with Crippen molar-refractivity contribution in [2.75, 3.05) is 0 Å². The number of para-hydroxylation sites is 1. The first kappa shape index (κ1) is 10.6. The van der Waals surface area contributed by atoms with Gasteiger partial charge in [-0.05, 0) is 12.1 Å². The number of pyridine rings is 1. The second-order valence-corrected chi connectivity index (χ2v) is 2.70. The summed E-state index contributed by atoms with van der Waals surface area (Å²) in [4.78, 5) is 13.4. The average molecular weight is 204 g/mol. The minimum atomic E-state index is -0.684. The Morgan fingerprint density at radius 3 is 2.43 bits per heavy atom. The fourth-order valence-electron chi connectivity index (χ4n) is 1.22. The molecule has 0 aliphatic rings. The second kappa shape index (κ2) is 3.74. The van der Waals surface area contributed by atoms with Crippen LogP contribution in [0, 0.1) is 0 Å². The van der Waals surface area contributed by atoms with Crippen molar-refractivity contribution in [3.8, 4) is 11.5 Å². The third-order valence-corrected chi connectivity index (χ3v) is 1.87. The molecule has 0 amide bonds. The van der Waals surface area contributed by atoms with E-state index < -0.39 is 11.3 Å². The Morgan fingerprint density at radius 2 is 1.71 bits per heavy atom. The van der Waals surface area contributed by atoms with Crippen molar-refractivity contribution in [3.05, 3.63) is 34.6 Å². The number of hydrogen-bond donors (Lipinski definition) is 3. The van der Waals surface area contributed by atoms with Gasteiger partial charge in [-0.1, -0.05) is 12.1 Å². The summed E-state index contributed by atoms with van der Waals surface area (Å²) in [6.45, 7) is 0. The van der Waals surface area contributed by atoms with Gasteiger partial charge in [0.2, 0.25) is 5.75 Å². The summed E-state index contributed by atoms with van der Waals surface area (Å²) in [6.07, 6.45) is 0. The number of aromatic nitrogens is 1. The molecular weight excluding hydrogens is 197 g/mol. The molecule has 2 aromatic rings. The van der Waals surface area contributed by atoms with Crippen LogP contribution in [0.1, 0.15) is 0 Å². The molecule has 0 saturated heterocycles. The van der Waals surface area contributed by atoms with Crippen LogP contribution in [-0.4, -0.2) is 32.6 Å². The Balaban J connectivity index is 0.000000980. The smallest absolute Gasteiger partial charge is 0.294 e. The van der Waals surface area contributed by atoms with Crippen LogP contribution in [0.15, 0.2) is 29.1 Å². The molecule has 3 N–H and O–H groups in total. The number of rotatable bonds is 0. The summed E-state index contributed by atoms with van der Waals surface area (Å²) >= 11 is 0. The van der Waals surface area contributed by atoms with Gasteiger partial charge in [0.1, 0.15) is 0 Å². The molecule has 0 fully saturated rings. The first-order valence-electron chi connectivity index (χ1n) is 3.73. The number of fused-ring (bicyclic) bond motifs is 1. The maximum atomic E-state index is 11.0. The van der Waals surface area contributed by atoms with Gasteiger partial charge in [-0.2, -0.15) is 0 Å². The minimum absolute atomic E-state index is 0. The molecule has 4 nitrogen and oxygen atoms in total. The van der Waals surface area contributed by atoms with Gasteiger partial charge < -0.3 is 15.2 Å². The summed E-state index contributed by atoms with van der Waals surface area (Å²) in [5.41, 5.74) is -0.181. The number of aromatic hydroxyl groups is 2. The number of nitrogens with one attached hydrogen (secondary N) is 1. The fourth-order valence-corrected chi connectivity index (χ4v) is 1.22. The minimum Gasteiger partial charge on any atom is -0.504 e. The molecule has 0 saturated carbocycles. The zero-order valence-corrected chi connectivity index (χ0v) is 8.34. The molecule has 1 aromatic carbocycles. The molecule has 69 valence electrons. The average Bonchev–Trinajstić information content (AvgIpc) is 2.15. The van der Waals surface area contributed by atoms with Gasteiger partial charge >= 0.3 is 0 Å². The topological polar surface area (TPSA) is 73.3 Å². The molecule has 0 bridgehead atoms. The largest absolute Gasteiger partial charge is 0.504 e. The van der Waals surface area contributed by atoms with Crippen LogP contribution in [0.25, 0.3) is 10.9 Å². The summed E-state index contributed by atoms with van der Waals surface area (Å²) in [6, 6.07) is 6.70. The predicted molar refractivity (Wildman–Crippen MR) is 53.7 cm³/mol. The second-order valence-electron chi connectivity index (χ2n) is 2.70. The molecule has 2 rings (SSSR count). The van der Waals surface area contributed by atoms with Crippen molar-refractivity contribution in [2.45, 2.75) is 0 Å². The summed E-state index contributed by atoms with van der Waals surface area (Å²) in [5.74, 6) is -1.02. The van der Waals surface area contributed by atoms with Gasteiger partial charge in [0.15, 0.2) is 5.75 Å². The van der Waals surface area contributed by atoms with E-state index in [9.17, 15) is 9.90 Å². The van der Waals surface area contributed by atoms with E-state index in [1.54, 1.807) is 24.3 Å². The van der Waals surface area contributed by atoms with Crippen LogP contribution in [0.4, 0.5) is 0 Å². The van der Waals surface area contributed by atoms with E-state index in [0.717, 1.165) is 0 Å². The van der Waals surface area contributed by atoms with Crippen molar-refractivity contribution >= 4 is 28.3 Å². The number of benzene rings is 1. The maximum Gasteiger partial charge on any atom is 0.294 e. The Morgan fingerprint density at radius 1 is 1.07 bits per heavy atom. The highest BCUT2D eigenvalue weighted by atomic mass is 27.0. The summed E-state index contributed by atoms with van der Waals surface area (Å²) < 4.78 is 0. The third-order valence-electron chi connectivity index (χ3n) is 1.87. The monoisotopic (exact) mass is 204 g/mol. The lowest BCUT2D eigenvalue weighted by molar-refractivity contribution is 0.402. The summed E-state index contributed by atoms with van der Waals surface area (Å²) in [5, 5.41) is 18.9. The van der Waals surface area contributed by atoms with Crippen LogP contribution in [0.2, 0.25) is 0 Å². The van der Waals surface area contributed by atoms with Crippen LogP contribution >= 0.6 is 0 Å². The molecule has 0 atom stereocenters. The molecule has 3 radical (unpaired) electrons. The number of aromatic amines is 1. The van der Waals surface area contributed by atoms with Crippen molar-refractivity contribution in [3.63, 3.8) is 0 Å². The molecular formula is C9H7AlNO3. The SMILES string of the molecule is O=c1[nH]c2ccccc2c(O)c1O.[Al]. The molecule has 0 spiro atoms. The lowest BCUT2D eigenvalue weighted by Crippen LogP contribution is -2.04.